The van der Waals surface area contributed by atoms with Gasteiger partial charge in [0.25, 0.3) is 0 Å². The zero-order chi connectivity index (χ0) is 14.4. The van der Waals surface area contributed by atoms with E-state index >= 15 is 0 Å². The van der Waals surface area contributed by atoms with Crippen molar-refractivity contribution in [2.75, 3.05) is 20.1 Å². The van der Waals surface area contributed by atoms with Crippen LogP contribution in [0.2, 0.25) is 10.0 Å². The van der Waals surface area contributed by atoms with E-state index in [2.05, 4.69) is 25.8 Å². The van der Waals surface area contributed by atoms with E-state index < -0.39 is 6.10 Å². The molecule has 0 fully saturated rings. The smallest absolute Gasteiger partial charge is 0.0817 e. The molecule has 0 heterocycles. The Morgan fingerprint density at radius 2 is 2.00 bits per heavy atom. The lowest BCUT2D eigenvalue weighted by Crippen LogP contribution is -2.26. The second-order valence-corrected chi connectivity index (χ2v) is 6.01. The first-order valence-corrected chi connectivity index (χ1v) is 7.51. The van der Waals surface area contributed by atoms with Crippen molar-refractivity contribution >= 4 is 23.2 Å². The Labute approximate surface area is 126 Å². The minimum atomic E-state index is -0.564. The van der Waals surface area contributed by atoms with Crippen LogP contribution in [0.25, 0.3) is 0 Å². The van der Waals surface area contributed by atoms with E-state index in [0.29, 0.717) is 27.9 Å². The molecule has 0 aromatic heterocycles. The van der Waals surface area contributed by atoms with E-state index in [1.807, 2.05) is 12.1 Å². The van der Waals surface area contributed by atoms with Gasteiger partial charge in [-0.3, -0.25) is 0 Å². The van der Waals surface area contributed by atoms with Crippen LogP contribution in [0.4, 0.5) is 0 Å². The Morgan fingerprint density at radius 3 is 2.63 bits per heavy atom. The van der Waals surface area contributed by atoms with Gasteiger partial charge in [-0.1, -0.05) is 55.6 Å². The quantitative estimate of drug-likeness (QED) is 0.807. The van der Waals surface area contributed by atoms with Gasteiger partial charge in [0.1, 0.15) is 0 Å². The Hall–Kier alpha value is -0.280. The number of aliphatic hydroxyl groups excluding tert-OH is 1. The number of nitrogens with zero attached hydrogens (tertiary/aromatic N) is 1. The van der Waals surface area contributed by atoms with Crippen LogP contribution >= 0.6 is 23.2 Å². The largest absolute Gasteiger partial charge is 0.388 e. The molecule has 1 N–H and O–H groups in total. The molecule has 0 saturated carbocycles. The number of rotatable bonds is 7. The zero-order valence-corrected chi connectivity index (χ0v) is 13.4. The summed E-state index contributed by atoms with van der Waals surface area (Å²) in [5.41, 5.74) is 0.714. The molecule has 4 heteroatoms. The van der Waals surface area contributed by atoms with Crippen LogP contribution in [-0.4, -0.2) is 30.1 Å². The molecular formula is C15H23Cl2NO. The maximum Gasteiger partial charge on any atom is 0.0817 e. The molecule has 0 aliphatic carbocycles. The van der Waals surface area contributed by atoms with Gasteiger partial charge in [-0.25, -0.2) is 0 Å². The molecule has 0 bridgehead atoms. The lowest BCUT2D eigenvalue weighted by atomic mass is 10.1. The summed E-state index contributed by atoms with van der Waals surface area (Å²) in [7, 11) is 2.08. The topological polar surface area (TPSA) is 23.5 Å². The van der Waals surface area contributed by atoms with Crippen molar-refractivity contribution in [1.82, 2.24) is 4.90 Å². The zero-order valence-electron chi connectivity index (χ0n) is 11.9. The van der Waals surface area contributed by atoms with E-state index in [-0.39, 0.29) is 0 Å². The summed E-state index contributed by atoms with van der Waals surface area (Å²) in [6, 6.07) is 5.37. The Kier molecular flexibility index (Phi) is 7.16. The van der Waals surface area contributed by atoms with E-state index in [1.165, 1.54) is 6.42 Å². The average molecular weight is 304 g/mol. The van der Waals surface area contributed by atoms with Crippen LogP contribution in [0.1, 0.15) is 38.4 Å². The summed E-state index contributed by atoms with van der Waals surface area (Å²) >= 11 is 12.1. The Bertz CT molecular complexity index is 398. The molecule has 2 unspecified atom stereocenters. The number of halogens is 2. The van der Waals surface area contributed by atoms with Gasteiger partial charge in [0.05, 0.1) is 16.1 Å². The molecule has 0 amide bonds. The van der Waals surface area contributed by atoms with Crippen molar-refractivity contribution in [1.29, 1.82) is 0 Å². The minimum Gasteiger partial charge on any atom is -0.388 e. The van der Waals surface area contributed by atoms with E-state index in [9.17, 15) is 5.11 Å². The van der Waals surface area contributed by atoms with Crippen molar-refractivity contribution in [2.24, 2.45) is 5.92 Å². The molecule has 0 aliphatic rings. The van der Waals surface area contributed by atoms with E-state index in [0.717, 1.165) is 13.1 Å². The van der Waals surface area contributed by atoms with Gasteiger partial charge >= 0.3 is 0 Å². The van der Waals surface area contributed by atoms with Crippen LogP contribution in [0.15, 0.2) is 18.2 Å². The normalized spacial score (nSPS) is 14.7. The maximum absolute atomic E-state index is 10.2. The summed E-state index contributed by atoms with van der Waals surface area (Å²) in [6.45, 7) is 6.32. The predicted octanol–water partition coefficient (Wildman–Crippen LogP) is 4.39. The van der Waals surface area contributed by atoms with E-state index in [4.69, 9.17) is 23.2 Å². The minimum absolute atomic E-state index is 0.459. The van der Waals surface area contributed by atoms with Gasteiger partial charge in [0, 0.05) is 18.7 Å². The molecule has 108 valence electrons. The Balaban J connectivity index is 2.51. The fourth-order valence-corrected chi connectivity index (χ4v) is 2.46. The number of aliphatic hydroxyl groups is 1. The monoisotopic (exact) mass is 303 g/mol. The van der Waals surface area contributed by atoms with Gasteiger partial charge in [-0.15, -0.1) is 0 Å². The third-order valence-corrected chi connectivity index (χ3v) is 4.28. The predicted molar refractivity (Wildman–Crippen MR) is 83.0 cm³/mol. The summed E-state index contributed by atoms with van der Waals surface area (Å²) in [6.07, 6.45) is 1.27. The lowest BCUT2D eigenvalue weighted by molar-refractivity contribution is 0.145. The van der Waals surface area contributed by atoms with Gasteiger partial charge in [0.2, 0.25) is 0 Å². The van der Waals surface area contributed by atoms with Crippen LogP contribution in [0.3, 0.4) is 0 Å². The third kappa shape index (κ3) is 5.31. The number of hydrogen-bond acceptors (Lipinski definition) is 2. The molecule has 0 radical (unpaired) electrons. The van der Waals surface area contributed by atoms with Crippen molar-refractivity contribution in [3.8, 4) is 0 Å². The first-order valence-electron chi connectivity index (χ1n) is 6.76. The fourth-order valence-electron chi connectivity index (χ4n) is 2.03. The first-order chi connectivity index (χ1) is 8.95. The summed E-state index contributed by atoms with van der Waals surface area (Å²) < 4.78 is 0. The van der Waals surface area contributed by atoms with Crippen molar-refractivity contribution in [2.45, 2.75) is 32.8 Å². The molecular weight excluding hydrogens is 281 g/mol. The fraction of sp³-hybridized carbons (Fsp3) is 0.600. The van der Waals surface area contributed by atoms with Crippen LogP contribution in [0.5, 0.6) is 0 Å². The van der Waals surface area contributed by atoms with Gasteiger partial charge in [0.15, 0.2) is 0 Å². The lowest BCUT2D eigenvalue weighted by Gasteiger charge is -2.22. The summed E-state index contributed by atoms with van der Waals surface area (Å²) in [4.78, 5) is 2.25. The molecule has 2 nitrogen and oxygen atoms in total. The first kappa shape index (κ1) is 16.8. The highest BCUT2D eigenvalue weighted by Gasteiger charge is 2.14. The van der Waals surface area contributed by atoms with Gasteiger partial charge < -0.3 is 10.0 Å². The van der Waals surface area contributed by atoms with Crippen molar-refractivity contribution in [3.63, 3.8) is 0 Å². The highest BCUT2D eigenvalue weighted by Crippen LogP contribution is 2.31. The van der Waals surface area contributed by atoms with Gasteiger partial charge in [-0.05, 0) is 25.5 Å². The van der Waals surface area contributed by atoms with Gasteiger partial charge in [-0.2, -0.15) is 0 Å². The SMILES string of the molecule is CCC(C)CN(C)CCC(O)c1cccc(Cl)c1Cl. The van der Waals surface area contributed by atoms with Crippen molar-refractivity contribution in [3.05, 3.63) is 33.8 Å². The van der Waals surface area contributed by atoms with Crippen LogP contribution in [0, 0.1) is 5.92 Å². The van der Waals surface area contributed by atoms with Crippen LogP contribution < -0.4 is 0 Å². The average Bonchev–Trinajstić information content (AvgIpc) is 2.39. The molecule has 1 aromatic rings. The molecule has 1 rings (SSSR count). The van der Waals surface area contributed by atoms with Crippen LogP contribution in [-0.2, 0) is 0 Å². The highest BCUT2D eigenvalue weighted by atomic mass is 35.5. The standard InChI is InChI=1S/C15H23Cl2NO/c1-4-11(2)10-18(3)9-8-14(19)12-6-5-7-13(16)15(12)17/h5-7,11,14,19H,4,8-10H2,1-3H3. The van der Waals surface area contributed by atoms with Crippen molar-refractivity contribution < 1.29 is 5.11 Å². The summed E-state index contributed by atoms with van der Waals surface area (Å²) in [5, 5.41) is 11.1. The number of hydrogen-bond donors (Lipinski definition) is 1. The second kappa shape index (κ2) is 8.11. The third-order valence-electron chi connectivity index (χ3n) is 3.44. The molecule has 1 aromatic carbocycles. The highest BCUT2D eigenvalue weighted by molar-refractivity contribution is 6.42. The second-order valence-electron chi connectivity index (χ2n) is 5.22. The molecule has 0 aliphatic heterocycles. The molecule has 19 heavy (non-hydrogen) atoms. The molecule has 0 spiro atoms. The molecule has 0 saturated heterocycles. The van der Waals surface area contributed by atoms with E-state index in [1.54, 1.807) is 6.07 Å². The summed E-state index contributed by atoms with van der Waals surface area (Å²) in [5.74, 6) is 0.678. The Morgan fingerprint density at radius 1 is 1.32 bits per heavy atom. The number of benzene rings is 1. The molecule has 2 atom stereocenters. The maximum atomic E-state index is 10.2.